The van der Waals surface area contributed by atoms with Gasteiger partial charge in [-0.3, -0.25) is 5.41 Å². The molecule has 154 valence electrons. The fourth-order valence-corrected chi connectivity index (χ4v) is 5.14. The van der Waals surface area contributed by atoms with Crippen molar-refractivity contribution in [2.75, 3.05) is 0 Å². The summed E-state index contributed by atoms with van der Waals surface area (Å²) >= 11 is 9.28. The molecule has 31 heavy (non-hydrogen) atoms. The van der Waals surface area contributed by atoms with E-state index < -0.39 is 40.4 Å². The van der Waals surface area contributed by atoms with Crippen LogP contribution in [0.3, 0.4) is 0 Å². The SMILES string of the molecule is CC1C2(c3cccc(Cl)c3)OC(=N)C1(C#N)C(C#N)(C#N)C(c1ccc(F)c(Br)c1)O2. The number of fused-ring (bicyclic) bond motifs is 2. The molecule has 9 heteroatoms. The van der Waals surface area contributed by atoms with Crippen LogP contribution >= 0.6 is 27.5 Å². The first-order valence-electron chi connectivity index (χ1n) is 9.13. The van der Waals surface area contributed by atoms with Crippen molar-refractivity contribution in [3.8, 4) is 18.2 Å². The maximum atomic E-state index is 13.9. The number of halogens is 3. The Balaban J connectivity index is 2.06. The molecule has 2 aromatic carbocycles. The van der Waals surface area contributed by atoms with Crippen molar-refractivity contribution in [1.82, 2.24) is 0 Å². The number of hydrogen-bond donors (Lipinski definition) is 1. The predicted octanol–water partition coefficient (Wildman–Crippen LogP) is 5.35. The van der Waals surface area contributed by atoms with Gasteiger partial charge in [-0.05, 0) is 45.8 Å². The van der Waals surface area contributed by atoms with Crippen molar-refractivity contribution in [1.29, 1.82) is 21.2 Å². The van der Waals surface area contributed by atoms with E-state index >= 15 is 0 Å². The summed E-state index contributed by atoms with van der Waals surface area (Å²) in [7, 11) is 0. The van der Waals surface area contributed by atoms with E-state index in [1.54, 1.807) is 31.2 Å². The van der Waals surface area contributed by atoms with Crippen LogP contribution in [0.25, 0.3) is 0 Å². The zero-order valence-electron chi connectivity index (χ0n) is 16.0. The molecule has 4 rings (SSSR count). The highest BCUT2D eigenvalue weighted by atomic mass is 79.9. The largest absolute Gasteiger partial charge is 0.443 e. The lowest BCUT2D eigenvalue weighted by Crippen LogP contribution is -2.57. The van der Waals surface area contributed by atoms with E-state index in [1.165, 1.54) is 18.2 Å². The number of nitrogens with zero attached hydrogens (tertiary/aromatic N) is 3. The van der Waals surface area contributed by atoms with Crippen molar-refractivity contribution >= 4 is 33.4 Å². The highest BCUT2D eigenvalue weighted by molar-refractivity contribution is 9.10. The second kappa shape index (κ2) is 7.04. The molecule has 4 unspecified atom stereocenters. The lowest BCUT2D eigenvalue weighted by Gasteiger charge is -2.48. The predicted molar refractivity (Wildman–Crippen MR) is 111 cm³/mol. The molecule has 1 N–H and O–H groups in total. The smallest absolute Gasteiger partial charge is 0.244 e. The number of nitrogens with one attached hydrogen (secondary N) is 1. The summed E-state index contributed by atoms with van der Waals surface area (Å²) in [6, 6.07) is 16.4. The van der Waals surface area contributed by atoms with Crippen LogP contribution in [0.5, 0.6) is 0 Å². The fraction of sp³-hybridized carbons (Fsp3) is 0.273. The normalized spacial score (nSPS) is 30.5. The molecule has 0 saturated carbocycles. The summed E-state index contributed by atoms with van der Waals surface area (Å²) in [5, 5.41) is 39.6. The number of hydrogen-bond acceptors (Lipinski definition) is 6. The van der Waals surface area contributed by atoms with Gasteiger partial charge in [0.1, 0.15) is 11.9 Å². The summed E-state index contributed by atoms with van der Waals surface area (Å²) < 4.78 is 26.2. The number of rotatable bonds is 2. The van der Waals surface area contributed by atoms with Gasteiger partial charge in [0, 0.05) is 10.6 Å². The second-order valence-electron chi connectivity index (χ2n) is 7.45. The van der Waals surface area contributed by atoms with E-state index in [4.69, 9.17) is 26.5 Å². The molecule has 0 radical (unpaired) electrons. The number of nitriles is 3. The van der Waals surface area contributed by atoms with Crippen molar-refractivity contribution in [3.05, 3.63) is 68.9 Å². The van der Waals surface area contributed by atoms with E-state index in [0.717, 1.165) is 0 Å². The van der Waals surface area contributed by atoms with Gasteiger partial charge in [0.15, 0.2) is 5.41 Å². The van der Waals surface area contributed by atoms with Gasteiger partial charge in [0.2, 0.25) is 17.1 Å². The lowest BCUT2D eigenvalue weighted by molar-refractivity contribution is -0.288. The average molecular weight is 500 g/mol. The highest BCUT2D eigenvalue weighted by Gasteiger charge is 2.79. The molecule has 2 aliphatic heterocycles. The van der Waals surface area contributed by atoms with Crippen molar-refractivity contribution in [2.45, 2.75) is 18.8 Å². The first-order valence-corrected chi connectivity index (χ1v) is 10.3. The maximum Gasteiger partial charge on any atom is 0.244 e. The van der Waals surface area contributed by atoms with Crippen LogP contribution < -0.4 is 0 Å². The molecule has 2 aromatic rings. The molecule has 0 aromatic heterocycles. The molecule has 4 atom stereocenters. The third kappa shape index (κ3) is 2.52. The van der Waals surface area contributed by atoms with E-state index in [2.05, 4.69) is 15.9 Å². The minimum absolute atomic E-state index is 0.100. The highest BCUT2D eigenvalue weighted by Crippen LogP contribution is 2.69. The van der Waals surface area contributed by atoms with Gasteiger partial charge in [-0.2, -0.15) is 15.8 Å². The van der Waals surface area contributed by atoms with Crippen molar-refractivity contribution in [2.24, 2.45) is 16.7 Å². The van der Waals surface area contributed by atoms with E-state index in [0.29, 0.717) is 10.6 Å². The van der Waals surface area contributed by atoms with Crippen molar-refractivity contribution in [3.63, 3.8) is 0 Å². The maximum absolute atomic E-state index is 13.9. The van der Waals surface area contributed by atoms with Crippen LogP contribution in [-0.2, 0) is 15.3 Å². The molecule has 0 spiro atoms. The standard InChI is InChI=1S/C22H13BrClFN4O2/c1-12-21(11-28)19(29)31-22(12,14-3-2-4-15(24)8-14)30-18(20(21,9-26)10-27)13-5-6-17(25)16(23)7-13/h2-8,12,18,29H,1H3. The van der Waals surface area contributed by atoms with Crippen LogP contribution in [0.2, 0.25) is 5.02 Å². The fourth-order valence-electron chi connectivity index (χ4n) is 4.55. The minimum atomic E-state index is -2.13. The van der Waals surface area contributed by atoms with Gasteiger partial charge in [0.05, 0.1) is 28.6 Å². The topological polar surface area (TPSA) is 114 Å². The zero-order valence-corrected chi connectivity index (χ0v) is 18.3. The molecule has 2 fully saturated rings. The quantitative estimate of drug-likeness (QED) is 0.598. The molecule has 2 saturated heterocycles. The van der Waals surface area contributed by atoms with Crippen LogP contribution in [0.4, 0.5) is 4.39 Å². The summed E-state index contributed by atoms with van der Waals surface area (Å²) in [4.78, 5) is 0. The average Bonchev–Trinajstić information content (AvgIpc) is 2.92. The molecule has 2 aliphatic rings. The Bertz CT molecular complexity index is 1240. The minimum Gasteiger partial charge on any atom is -0.443 e. The second-order valence-corrected chi connectivity index (χ2v) is 8.74. The van der Waals surface area contributed by atoms with Crippen LogP contribution in [0.15, 0.2) is 46.9 Å². The molecular formula is C22H13BrClFN4O2. The monoisotopic (exact) mass is 498 g/mol. The first kappa shape index (κ1) is 21.3. The summed E-state index contributed by atoms with van der Waals surface area (Å²) in [5.74, 6) is -3.64. The molecule has 6 nitrogen and oxygen atoms in total. The van der Waals surface area contributed by atoms with E-state index in [1.807, 2.05) is 18.2 Å². The van der Waals surface area contributed by atoms with Crippen LogP contribution in [0, 0.1) is 62.0 Å². The summed E-state index contributed by atoms with van der Waals surface area (Å²) in [5.41, 5.74) is -3.35. The number of benzene rings is 2. The van der Waals surface area contributed by atoms with Gasteiger partial charge in [-0.25, -0.2) is 4.39 Å². The van der Waals surface area contributed by atoms with Gasteiger partial charge in [-0.15, -0.1) is 0 Å². The van der Waals surface area contributed by atoms with Gasteiger partial charge < -0.3 is 9.47 Å². The Kier molecular flexibility index (Phi) is 4.83. The summed E-state index contributed by atoms with van der Waals surface area (Å²) in [6.07, 6.45) is -1.32. The molecule has 2 heterocycles. The molecule has 0 aliphatic carbocycles. The van der Waals surface area contributed by atoms with E-state index in [9.17, 15) is 20.2 Å². The van der Waals surface area contributed by atoms with E-state index in [-0.39, 0.29) is 10.0 Å². The Morgan fingerprint density at radius 2 is 1.84 bits per heavy atom. The third-order valence-corrected chi connectivity index (χ3v) is 6.98. The van der Waals surface area contributed by atoms with Crippen molar-refractivity contribution < 1.29 is 13.9 Å². The third-order valence-electron chi connectivity index (χ3n) is 6.14. The molecule has 2 bridgehead atoms. The zero-order chi connectivity index (χ0) is 22.6. The first-order chi connectivity index (χ1) is 14.7. The van der Waals surface area contributed by atoms with Crippen LogP contribution in [-0.4, -0.2) is 5.90 Å². The van der Waals surface area contributed by atoms with Gasteiger partial charge >= 0.3 is 0 Å². The van der Waals surface area contributed by atoms with Crippen LogP contribution in [0.1, 0.15) is 24.2 Å². The Hall–Kier alpha value is -2.96. The number of ether oxygens (including phenoxy) is 2. The molecular weight excluding hydrogens is 487 g/mol. The Labute approximate surface area is 191 Å². The Morgan fingerprint density at radius 3 is 2.42 bits per heavy atom. The Morgan fingerprint density at radius 1 is 1.13 bits per heavy atom. The lowest BCUT2D eigenvalue weighted by atomic mass is 9.53. The van der Waals surface area contributed by atoms with Gasteiger partial charge in [0.25, 0.3) is 0 Å². The summed E-state index contributed by atoms with van der Waals surface area (Å²) in [6.45, 7) is 1.60. The van der Waals surface area contributed by atoms with Gasteiger partial charge in [-0.1, -0.05) is 36.7 Å². The molecule has 0 amide bonds.